The molecule has 0 fully saturated rings. The van der Waals surface area contributed by atoms with Crippen LogP contribution in [0, 0.1) is 0 Å². The van der Waals surface area contributed by atoms with Crippen LogP contribution in [0.25, 0.3) is 0 Å². The molecule has 0 N–H and O–H groups in total. The van der Waals surface area contributed by atoms with Crippen LogP contribution < -0.4 is 4.74 Å². The monoisotopic (exact) mass is 472 g/mol. The highest BCUT2D eigenvalue weighted by molar-refractivity contribution is 7.90. The molecular formula is C25H25ClO5S. The summed E-state index contributed by atoms with van der Waals surface area (Å²) in [5.41, 5.74) is 1.43. The van der Waals surface area contributed by atoms with Gasteiger partial charge in [0.05, 0.1) is 10.5 Å². The number of carbonyl (C=O) groups is 2. The van der Waals surface area contributed by atoms with E-state index in [0.717, 1.165) is 5.56 Å². The first-order valence-corrected chi connectivity index (χ1v) is 12.2. The molecule has 0 aliphatic carbocycles. The molecule has 5 nitrogen and oxygen atoms in total. The number of benzene rings is 3. The van der Waals surface area contributed by atoms with Crippen molar-refractivity contribution in [3.05, 3.63) is 95.0 Å². The topological polar surface area (TPSA) is 77.5 Å². The SMILES string of the molecule is CC(=O)CCC(=O)c1cc(Cl)ccc1OCc1ccccc1.CS(=O)(=O)c1ccccc1. The lowest BCUT2D eigenvalue weighted by Crippen LogP contribution is -2.06. The summed E-state index contributed by atoms with van der Waals surface area (Å²) < 4.78 is 27.4. The van der Waals surface area contributed by atoms with Gasteiger partial charge >= 0.3 is 0 Å². The van der Waals surface area contributed by atoms with Gasteiger partial charge in [-0.25, -0.2) is 8.42 Å². The Kier molecular flexibility index (Phi) is 9.62. The van der Waals surface area contributed by atoms with Gasteiger partial charge in [0.25, 0.3) is 0 Å². The third kappa shape index (κ3) is 8.65. The Hall–Kier alpha value is -2.96. The molecule has 0 bridgehead atoms. The molecule has 3 rings (SSSR count). The second-order valence-corrected chi connectivity index (χ2v) is 9.58. The van der Waals surface area contributed by atoms with Crippen molar-refractivity contribution in [1.29, 1.82) is 0 Å². The number of sulfone groups is 1. The highest BCUT2D eigenvalue weighted by atomic mass is 35.5. The molecule has 0 radical (unpaired) electrons. The van der Waals surface area contributed by atoms with Crippen LogP contribution in [0.4, 0.5) is 0 Å². The van der Waals surface area contributed by atoms with Gasteiger partial charge in [-0.3, -0.25) is 4.79 Å². The first-order valence-electron chi connectivity index (χ1n) is 9.91. The van der Waals surface area contributed by atoms with Crippen molar-refractivity contribution in [1.82, 2.24) is 0 Å². The molecule has 0 unspecified atom stereocenters. The van der Waals surface area contributed by atoms with E-state index in [-0.39, 0.29) is 24.4 Å². The van der Waals surface area contributed by atoms with Gasteiger partial charge in [-0.1, -0.05) is 60.1 Å². The fourth-order valence-corrected chi connectivity index (χ4v) is 3.50. The summed E-state index contributed by atoms with van der Waals surface area (Å²) in [7, 11) is -3.00. The second-order valence-electron chi connectivity index (χ2n) is 7.13. The minimum absolute atomic E-state index is 0.0119. The number of rotatable bonds is 8. The van der Waals surface area contributed by atoms with Gasteiger partial charge < -0.3 is 9.53 Å². The Morgan fingerprint density at radius 3 is 2.00 bits per heavy atom. The van der Waals surface area contributed by atoms with Crippen LogP contribution in [-0.2, 0) is 21.2 Å². The van der Waals surface area contributed by atoms with Gasteiger partial charge in [0, 0.05) is 24.1 Å². The molecular weight excluding hydrogens is 448 g/mol. The van der Waals surface area contributed by atoms with Gasteiger partial charge in [0.2, 0.25) is 0 Å². The van der Waals surface area contributed by atoms with Gasteiger partial charge in [-0.2, -0.15) is 0 Å². The first-order chi connectivity index (χ1) is 15.2. The number of ether oxygens (including phenoxy) is 1. The Balaban J connectivity index is 0.000000303. The predicted octanol–water partition coefficient (Wildman–Crippen LogP) is 5.56. The molecule has 0 atom stereocenters. The molecule has 3 aromatic rings. The van der Waals surface area contributed by atoms with E-state index in [1.807, 2.05) is 30.3 Å². The van der Waals surface area contributed by atoms with Crippen molar-refractivity contribution in [2.24, 2.45) is 0 Å². The maximum absolute atomic E-state index is 12.2. The minimum Gasteiger partial charge on any atom is -0.488 e. The highest BCUT2D eigenvalue weighted by Gasteiger charge is 2.14. The molecule has 32 heavy (non-hydrogen) atoms. The van der Waals surface area contributed by atoms with Crippen molar-refractivity contribution in [3.8, 4) is 5.75 Å². The predicted molar refractivity (Wildman–Crippen MR) is 126 cm³/mol. The largest absolute Gasteiger partial charge is 0.488 e. The number of hydrogen-bond acceptors (Lipinski definition) is 5. The summed E-state index contributed by atoms with van der Waals surface area (Å²) >= 11 is 5.97. The maximum Gasteiger partial charge on any atom is 0.175 e. The number of Topliss-reactive ketones (excluding diaryl/α,β-unsaturated/α-hetero) is 2. The molecule has 0 heterocycles. The van der Waals surface area contributed by atoms with Gasteiger partial charge in [0.1, 0.15) is 18.1 Å². The van der Waals surface area contributed by atoms with Crippen molar-refractivity contribution < 1.29 is 22.7 Å². The lowest BCUT2D eigenvalue weighted by Gasteiger charge is -2.11. The number of hydrogen-bond donors (Lipinski definition) is 0. The average Bonchev–Trinajstić information content (AvgIpc) is 2.78. The van der Waals surface area contributed by atoms with Crippen molar-refractivity contribution in [2.45, 2.75) is 31.3 Å². The Labute approximate surface area is 193 Å². The lowest BCUT2D eigenvalue weighted by atomic mass is 10.0. The van der Waals surface area contributed by atoms with Gasteiger partial charge in [-0.15, -0.1) is 0 Å². The molecule has 0 saturated carbocycles. The van der Waals surface area contributed by atoms with E-state index < -0.39 is 9.84 Å². The summed E-state index contributed by atoms with van der Waals surface area (Å²) in [6.45, 7) is 1.84. The number of carbonyl (C=O) groups excluding carboxylic acids is 2. The molecule has 0 spiro atoms. The summed E-state index contributed by atoms with van der Waals surface area (Å²) in [4.78, 5) is 23.6. The molecule has 0 saturated heterocycles. The number of ketones is 2. The van der Waals surface area contributed by atoms with Crippen LogP contribution in [-0.4, -0.2) is 26.2 Å². The molecule has 3 aromatic carbocycles. The first kappa shape index (κ1) is 25.3. The lowest BCUT2D eigenvalue weighted by molar-refractivity contribution is -0.116. The van der Waals surface area contributed by atoms with E-state index >= 15 is 0 Å². The van der Waals surface area contributed by atoms with Crippen LogP contribution in [0.3, 0.4) is 0 Å². The third-order valence-electron chi connectivity index (χ3n) is 4.35. The second kappa shape index (κ2) is 12.2. The van der Waals surface area contributed by atoms with E-state index in [2.05, 4.69) is 0 Å². The van der Waals surface area contributed by atoms with E-state index in [0.29, 0.717) is 27.8 Å². The Morgan fingerprint density at radius 1 is 0.875 bits per heavy atom. The minimum atomic E-state index is -3.00. The van der Waals surface area contributed by atoms with Crippen LogP contribution >= 0.6 is 11.6 Å². The van der Waals surface area contributed by atoms with Crippen molar-refractivity contribution in [3.63, 3.8) is 0 Å². The van der Waals surface area contributed by atoms with Crippen LogP contribution in [0.1, 0.15) is 35.7 Å². The Bertz CT molecular complexity index is 1140. The quantitative estimate of drug-likeness (QED) is 0.401. The normalized spacial score (nSPS) is 10.6. The molecule has 0 aliphatic heterocycles. The standard InChI is InChI=1S/C18H17ClO3.C7H8O2S/c1-13(20)7-9-17(21)16-11-15(19)8-10-18(16)22-12-14-5-3-2-4-6-14;1-10(8,9)7-5-3-2-4-6-7/h2-6,8,10-11H,7,9,12H2,1H3;2-6H,1H3. The molecule has 0 aromatic heterocycles. The fourth-order valence-electron chi connectivity index (χ4n) is 2.67. The summed E-state index contributed by atoms with van der Waals surface area (Å²) in [5.74, 6) is 0.338. The Morgan fingerprint density at radius 2 is 1.47 bits per heavy atom. The van der Waals surface area contributed by atoms with E-state index in [1.165, 1.54) is 13.2 Å². The highest BCUT2D eigenvalue weighted by Crippen LogP contribution is 2.25. The zero-order chi connectivity index (χ0) is 23.6. The van der Waals surface area contributed by atoms with Crippen molar-refractivity contribution >= 4 is 33.0 Å². The molecule has 168 valence electrons. The molecule has 7 heteroatoms. The molecule has 0 amide bonds. The van der Waals surface area contributed by atoms with E-state index in [1.54, 1.807) is 48.5 Å². The van der Waals surface area contributed by atoms with E-state index in [4.69, 9.17) is 16.3 Å². The van der Waals surface area contributed by atoms with Crippen molar-refractivity contribution in [2.75, 3.05) is 6.26 Å². The average molecular weight is 473 g/mol. The van der Waals surface area contributed by atoms with E-state index in [9.17, 15) is 18.0 Å². The van der Waals surface area contributed by atoms with Crippen LogP contribution in [0.5, 0.6) is 5.75 Å². The zero-order valence-corrected chi connectivity index (χ0v) is 19.5. The molecule has 0 aliphatic rings. The summed E-state index contributed by atoms with van der Waals surface area (Å²) in [6, 6.07) is 23.0. The fraction of sp³-hybridized carbons (Fsp3) is 0.200. The van der Waals surface area contributed by atoms with Crippen LogP contribution in [0.2, 0.25) is 5.02 Å². The van der Waals surface area contributed by atoms with Gasteiger partial charge in [0.15, 0.2) is 15.6 Å². The zero-order valence-electron chi connectivity index (χ0n) is 18.0. The smallest absolute Gasteiger partial charge is 0.175 e. The number of halogens is 1. The summed E-state index contributed by atoms with van der Waals surface area (Å²) in [6.07, 6.45) is 1.59. The van der Waals surface area contributed by atoms with Gasteiger partial charge in [-0.05, 0) is 42.8 Å². The summed E-state index contributed by atoms with van der Waals surface area (Å²) in [5, 5.41) is 0.471. The third-order valence-corrected chi connectivity index (χ3v) is 5.72. The maximum atomic E-state index is 12.2. The van der Waals surface area contributed by atoms with Crippen LogP contribution in [0.15, 0.2) is 83.8 Å².